The van der Waals surface area contributed by atoms with Crippen LogP contribution in [0.4, 0.5) is 0 Å². The molecule has 1 unspecified atom stereocenters. The fourth-order valence-corrected chi connectivity index (χ4v) is 1.74. The van der Waals surface area contributed by atoms with Crippen LogP contribution in [-0.4, -0.2) is 0 Å². The maximum atomic E-state index is 2.37. The summed E-state index contributed by atoms with van der Waals surface area (Å²) in [4.78, 5) is 0. The van der Waals surface area contributed by atoms with Crippen LogP contribution in [0.5, 0.6) is 0 Å². The Morgan fingerprint density at radius 2 is 1.50 bits per heavy atom. The van der Waals surface area contributed by atoms with Crippen molar-refractivity contribution in [2.45, 2.75) is 39.5 Å². The Bertz CT molecular complexity index is 58.4. The molecule has 1 aliphatic rings. The van der Waals surface area contributed by atoms with Crippen molar-refractivity contribution in [2.24, 2.45) is 11.8 Å². The van der Waals surface area contributed by atoms with Crippen LogP contribution in [0.25, 0.3) is 0 Å². The molecular weight excluding hydrogens is 96.1 g/mol. The Morgan fingerprint density at radius 3 is 1.75 bits per heavy atom. The van der Waals surface area contributed by atoms with E-state index in [2.05, 4.69) is 13.8 Å². The molecule has 0 heterocycles. The van der Waals surface area contributed by atoms with Gasteiger partial charge in [-0.3, -0.25) is 0 Å². The van der Waals surface area contributed by atoms with Crippen molar-refractivity contribution in [3.05, 3.63) is 0 Å². The largest absolute Gasteiger partial charge is 0.0625 e. The Balaban J connectivity index is 2.23. The van der Waals surface area contributed by atoms with Crippen molar-refractivity contribution >= 4 is 0 Å². The van der Waals surface area contributed by atoms with Crippen LogP contribution in [0, 0.1) is 11.8 Å². The summed E-state index contributed by atoms with van der Waals surface area (Å²) in [6.07, 6.45) is 5.90. The molecule has 0 aromatic carbocycles. The average Bonchev–Trinajstić information content (AvgIpc) is 1.64. The van der Waals surface area contributed by atoms with Crippen molar-refractivity contribution in [3.63, 3.8) is 0 Å². The lowest BCUT2D eigenvalue weighted by atomic mass is 9.84. The second-order valence-electron chi connectivity index (χ2n) is 3.38. The van der Waals surface area contributed by atoms with Crippen molar-refractivity contribution in [3.8, 4) is 0 Å². The summed E-state index contributed by atoms with van der Waals surface area (Å²) < 4.78 is 0. The third-order valence-electron chi connectivity index (χ3n) is 2.20. The molecule has 0 amide bonds. The number of hydrogen-bond donors (Lipinski definition) is 0. The predicted molar refractivity (Wildman–Crippen MR) is 36.8 cm³/mol. The van der Waals surface area contributed by atoms with E-state index in [0.29, 0.717) is 0 Å². The first-order chi connectivity index (χ1) is 3.79. The van der Waals surface area contributed by atoms with Gasteiger partial charge in [0.2, 0.25) is 0 Å². The van der Waals surface area contributed by atoms with E-state index in [-0.39, 0.29) is 0 Å². The molecule has 8 heavy (non-hydrogen) atoms. The first kappa shape index (κ1) is 6.12. The Labute approximate surface area is 52.3 Å². The average molecular weight is 112 g/mol. The van der Waals surface area contributed by atoms with E-state index >= 15 is 0 Å². The molecule has 48 valence electrons. The number of hydrogen-bond acceptors (Lipinski definition) is 0. The highest BCUT2D eigenvalue weighted by Crippen LogP contribution is 2.27. The molecule has 0 heteroatoms. The van der Waals surface area contributed by atoms with Crippen LogP contribution in [0.15, 0.2) is 0 Å². The standard InChI is InChI=1S/C8H16/c1-7-4-3-5-8(2)6-7/h7-8H,3-6H2,1-2H3/t7-,8?/m0/s1. The first-order valence-corrected chi connectivity index (χ1v) is 3.79. The fourth-order valence-electron chi connectivity index (χ4n) is 1.74. The van der Waals surface area contributed by atoms with Gasteiger partial charge in [0.15, 0.2) is 0 Å². The van der Waals surface area contributed by atoms with Crippen molar-refractivity contribution in [1.82, 2.24) is 0 Å². The summed E-state index contributed by atoms with van der Waals surface area (Å²) in [5.41, 5.74) is 0. The van der Waals surface area contributed by atoms with Gasteiger partial charge >= 0.3 is 0 Å². The predicted octanol–water partition coefficient (Wildman–Crippen LogP) is 2.83. The molecule has 0 N–H and O–H groups in total. The van der Waals surface area contributed by atoms with Crippen LogP contribution < -0.4 is 0 Å². The SMILES string of the molecule is CC1CCC[C@H](C)C1. The summed E-state index contributed by atoms with van der Waals surface area (Å²) in [5, 5.41) is 0. The lowest BCUT2D eigenvalue weighted by molar-refractivity contribution is 0.301. The molecule has 2 atom stereocenters. The highest BCUT2D eigenvalue weighted by atomic mass is 14.2. The van der Waals surface area contributed by atoms with E-state index in [4.69, 9.17) is 0 Å². The van der Waals surface area contributed by atoms with E-state index in [1.807, 2.05) is 0 Å². The Hall–Kier alpha value is 0. The van der Waals surface area contributed by atoms with Gasteiger partial charge in [0.1, 0.15) is 0 Å². The lowest BCUT2D eigenvalue weighted by Crippen LogP contribution is -2.09. The maximum absolute atomic E-state index is 2.37. The number of rotatable bonds is 0. The monoisotopic (exact) mass is 112 g/mol. The van der Waals surface area contributed by atoms with E-state index in [9.17, 15) is 0 Å². The zero-order valence-corrected chi connectivity index (χ0v) is 5.98. The molecule has 1 rings (SSSR count). The van der Waals surface area contributed by atoms with E-state index < -0.39 is 0 Å². The summed E-state index contributed by atoms with van der Waals surface area (Å²) in [6.45, 7) is 4.74. The molecule has 1 aliphatic carbocycles. The van der Waals surface area contributed by atoms with Crippen molar-refractivity contribution < 1.29 is 0 Å². The van der Waals surface area contributed by atoms with Gasteiger partial charge < -0.3 is 0 Å². The van der Waals surface area contributed by atoms with Crippen LogP contribution in [0.3, 0.4) is 0 Å². The van der Waals surface area contributed by atoms with Gasteiger partial charge in [-0.25, -0.2) is 0 Å². The normalized spacial score (nSPS) is 39.8. The molecule has 0 bridgehead atoms. The zero-order valence-electron chi connectivity index (χ0n) is 5.98. The Kier molecular flexibility index (Phi) is 1.93. The molecule has 0 saturated heterocycles. The highest BCUT2D eigenvalue weighted by molar-refractivity contribution is 4.66. The molecule has 0 spiro atoms. The minimum absolute atomic E-state index is 1.01. The van der Waals surface area contributed by atoms with Crippen molar-refractivity contribution in [2.75, 3.05) is 0 Å². The molecule has 0 aromatic heterocycles. The van der Waals surface area contributed by atoms with Gasteiger partial charge in [-0.1, -0.05) is 33.1 Å². The third kappa shape index (κ3) is 1.50. The Morgan fingerprint density at radius 1 is 1.00 bits per heavy atom. The van der Waals surface area contributed by atoms with Crippen LogP contribution in [-0.2, 0) is 0 Å². The van der Waals surface area contributed by atoms with Crippen LogP contribution >= 0.6 is 0 Å². The molecule has 0 radical (unpaired) electrons. The van der Waals surface area contributed by atoms with Crippen LogP contribution in [0.1, 0.15) is 39.5 Å². The molecule has 0 nitrogen and oxygen atoms in total. The second-order valence-corrected chi connectivity index (χ2v) is 3.38. The highest BCUT2D eigenvalue weighted by Gasteiger charge is 2.13. The quantitative estimate of drug-likeness (QED) is 0.452. The minimum atomic E-state index is 1.01. The molecule has 0 aliphatic heterocycles. The van der Waals surface area contributed by atoms with Gasteiger partial charge in [-0.2, -0.15) is 0 Å². The zero-order chi connectivity index (χ0) is 5.98. The minimum Gasteiger partial charge on any atom is -0.0625 e. The van der Waals surface area contributed by atoms with Gasteiger partial charge in [-0.05, 0) is 18.3 Å². The summed E-state index contributed by atoms with van der Waals surface area (Å²) >= 11 is 0. The lowest BCUT2D eigenvalue weighted by Gasteiger charge is -2.22. The molecule has 0 aromatic rings. The third-order valence-corrected chi connectivity index (χ3v) is 2.20. The second kappa shape index (κ2) is 2.52. The molecule has 1 fully saturated rings. The smallest absolute Gasteiger partial charge is 0.0440 e. The van der Waals surface area contributed by atoms with Gasteiger partial charge in [0, 0.05) is 0 Å². The van der Waals surface area contributed by atoms with Gasteiger partial charge in [-0.15, -0.1) is 0 Å². The van der Waals surface area contributed by atoms with E-state index in [1.165, 1.54) is 25.7 Å². The first-order valence-electron chi connectivity index (χ1n) is 3.79. The van der Waals surface area contributed by atoms with Gasteiger partial charge in [0.05, 0.1) is 0 Å². The van der Waals surface area contributed by atoms with E-state index in [0.717, 1.165) is 11.8 Å². The van der Waals surface area contributed by atoms with Gasteiger partial charge in [0.25, 0.3) is 0 Å². The molecular formula is C8H16. The summed E-state index contributed by atoms with van der Waals surface area (Å²) in [7, 11) is 0. The van der Waals surface area contributed by atoms with E-state index in [1.54, 1.807) is 0 Å². The van der Waals surface area contributed by atoms with Crippen LogP contribution in [0.2, 0.25) is 0 Å². The summed E-state index contributed by atoms with van der Waals surface area (Å²) in [5.74, 6) is 2.03. The van der Waals surface area contributed by atoms with Crippen molar-refractivity contribution in [1.29, 1.82) is 0 Å². The topological polar surface area (TPSA) is 0 Å². The summed E-state index contributed by atoms with van der Waals surface area (Å²) in [6, 6.07) is 0. The maximum Gasteiger partial charge on any atom is -0.0440 e. The fraction of sp³-hybridized carbons (Fsp3) is 1.00. The molecule has 1 saturated carbocycles.